The van der Waals surface area contributed by atoms with Gasteiger partial charge in [0.2, 0.25) is 0 Å². The van der Waals surface area contributed by atoms with Crippen LogP contribution in [-0.4, -0.2) is 39.9 Å². The largest absolute Gasteiger partial charge is 0.507 e. The van der Waals surface area contributed by atoms with Crippen LogP contribution in [0.25, 0.3) is 5.76 Å². The summed E-state index contributed by atoms with van der Waals surface area (Å²) >= 11 is 0. The van der Waals surface area contributed by atoms with Crippen molar-refractivity contribution >= 4 is 17.4 Å². The molecule has 0 radical (unpaired) electrons. The number of likely N-dealkylation sites (tertiary alicyclic amines) is 1. The molecule has 1 saturated heterocycles. The van der Waals surface area contributed by atoms with Crippen molar-refractivity contribution in [3.05, 3.63) is 95.1 Å². The molecule has 2 heterocycles. The molecule has 0 spiro atoms. The predicted molar refractivity (Wildman–Crippen MR) is 136 cm³/mol. The lowest BCUT2D eigenvalue weighted by Crippen LogP contribution is -2.29. The standard InChI is InChI=1S/C29H29FN2O5/c1-3-5-16-37-23-11-8-21(17-24(23)36-4-2)26-25(27(33)20-6-9-22(30)10-7-20)28(34)29(35)32(26)18-19-12-14-31-15-13-19/h6-15,17,26,33H,3-5,16,18H2,1-2H3. The lowest BCUT2D eigenvalue weighted by Gasteiger charge is -2.26. The van der Waals surface area contributed by atoms with E-state index in [0.717, 1.165) is 18.4 Å². The number of unbranched alkanes of at least 4 members (excludes halogenated alkanes) is 1. The van der Waals surface area contributed by atoms with Gasteiger partial charge in [0.1, 0.15) is 11.6 Å². The Bertz CT molecular complexity index is 1290. The van der Waals surface area contributed by atoms with E-state index in [2.05, 4.69) is 11.9 Å². The lowest BCUT2D eigenvalue weighted by atomic mass is 9.94. The van der Waals surface area contributed by atoms with Crippen LogP contribution in [0.3, 0.4) is 0 Å². The molecule has 0 saturated carbocycles. The smallest absolute Gasteiger partial charge is 0.295 e. The van der Waals surface area contributed by atoms with Crippen LogP contribution in [0.2, 0.25) is 0 Å². The van der Waals surface area contributed by atoms with Gasteiger partial charge in [0.05, 0.1) is 24.8 Å². The molecule has 1 aliphatic rings. The minimum atomic E-state index is -0.901. The van der Waals surface area contributed by atoms with Crippen molar-refractivity contribution in [1.29, 1.82) is 0 Å². The highest BCUT2D eigenvalue weighted by atomic mass is 19.1. The number of nitrogens with zero attached hydrogens (tertiary/aromatic N) is 2. The number of pyridine rings is 1. The maximum Gasteiger partial charge on any atom is 0.295 e. The van der Waals surface area contributed by atoms with Crippen molar-refractivity contribution in [1.82, 2.24) is 9.88 Å². The first-order chi connectivity index (χ1) is 17.9. The summed E-state index contributed by atoms with van der Waals surface area (Å²) < 4.78 is 25.2. The molecule has 7 nitrogen and oxygen atoms in total. The molecular formula is C29H29FN2O5. The SMILES string of the molecule is CCCCOc1ccc(C2C(=C(O)c3ccc(F)cc3)C(=O)C(=O)N2Cc2ccncc2)cc1OCC. The summed E-state index contributed by atoms with van der Waals surface area (Å²) in [6.07, 6.45) is 5.08. The second-order valence-corrected chi connectivity index (χ2v) is 8.63. The number of halogens is 1. The minimum absolute atomic E-state index is 0.0761. The predicted octanol–water partition coefficient (Wildman–Crippen LogP) is 5.42. The highest BCUT2D eigenvalue weighted by Crippen LogP contribution is 2.42. The van der Waals surface area contributed by atoms with Crippen molar-refractivity contribution in [3.8, 4) is 11.5 Å². The van der Waals surface area contributed by atoms with Crippen LogP contribution in [0.5, 0.6) is 11.5 Å². The zero-order chi connectivity index (χ0) is 26.4. The molecule has 0 bridgehead atoms. The highest BCUT2D eigenvalue weighted by molar-refractivity contribution is 6.46. The van der Waals surface area contributed by atoms with Crippen LogP contribution < -0.4 is 9.47 Å². The molecule has 192 valence electrons. The number of ketones is 1. The Balaban J connectivity index is 1.83. The molecule has 8 heteroatoms. The molecule has 1 N–H and O–H groups in total. The average Bonchev–Trinajstić information content (AvgIpc) is 3.15. The third kappa shape index (κ3) is 5.63. The summed E-state index contributed by atoms with van der Waals surface area (Å²) in [5.41, 5.74) is 1.50. The monoisotopic (exact) mass is 504 g/mol. The minimum Gasteiger partial charge on any atom is -0.507 e. The number of hydrogen-bond acceptors (Lipinski definition) is 6. The van der Waals surface area contributed by atoms with Gasteiger partial charge in [0.15, 0.2) is 11.5 Å². The Morgan fingerprint density at radius 3 is 2.41 bits per heavy atom. The second-order valence-electron chi connectivity index (χ2n) is 8.63. The number of rotatable bonds is 10. The Morgan fingerprint density at radius 2 is 1.73 bits per heavy atom. The van der Waals surface area contributed by atoms with Crippen LogP contribution in [0.1, 0.15) is 49.4 Å². The summed E-state index contributed by atoms with van der Waals surface area (Å²) in [6, 6.07) is 13.0. The average molecular weight is 505 g/mol. The Kier molecular flexibility index (Phi) is 8.18. The molecule has 1 fully saturated rings. The van der Waals surface area contributed by atoms with E-state index in [0.29, 0.717) is 30.3 Å². The van der Waals surface area contributed by atoms with Gasteiger partial charge in [-0.2, -0.15) is 0 Å². The topological polar surface area (TPSA) is 89.0 Å². The van der Waals surface area contributed by atoms with E-state index < -0.39 is 23.5 Å². The number of hydrogen-bond donors (Lipinski definition) is 1. The van der Waals surface area contributed by atoms with Crippen LogP contribution >= 0.6 is 0 Å². The van der Waals surface area contributed by atoms with E-state index in [-0.39, 0.29) is 23.4 Å². The van der Waals surface area contributed by atoms with E-state index in [9.17, 15) is 19.1 Å². The van der Waals surface area contributed by atoms with Crippen molar-refractivity contribution < 1.29 is 28.6 Å². The van der Waals surface area contributed by atoms with E-state index in [4.69, 9.17) is 9.47 Å². The van der Waals surface area contributed by atoms with Gasteiger partial charge in [-0.15, -0.1) is 0 Å². The summed E-state index contributed by atoms with van der Waals surface area (Å²) in [7, 11) is 0. The fourth-order valence-corrected chi connectivity index (χ4v) is 4.25. The molecule has 1 amide bonds. The fourth-order valence-electron chi connectivity index (χ4n) is 4.25. The first-order valence-electron chi connectivity index (χ1n) is 12.3. The first-order valence-corrected chi connectivity index (χ1v) is 12.3. The molecular weight excluding hydrogens is 475 g/mol. The van der Waals surface area contributed by atoms with Gasteiger partial charge in [-0.1, -0.05) is 19.4 Å². The van der Waals surface area contributed by atoms with Crippen molar-refractivity contribution in [2.45, 2.75) is 39.3 Å². The van der Waals surface area contributed by atoms with Gasteiger partial charge in [0, 0.05) is 24.5 Å². The Labute approximate surface area is 215 Å². The van der Waals surface area contributed by atoms with Crippen molar-refractivity contribution in [2.75, 3.05) is 13.2 Å². The Hall–Kier alpha value is -4.20. The molecule has 1 unspecified atom stereocenters. The maximum absolute atomic E-state index is 13.5. The van der Waals surface area contributed by atoms with E-state index in [1.54, 1.807) is 42.7 Å². The zero-order valence-electron chi connectivity index (χ0n) is 20.8. The van der Waals surface area contributed by atoms with Gasteiger partial charge >= 0.3 is 0 Å². The molecule has 37 heavy (non-hydrogen) atoms. The molecule has 1 atom stereocenters. The quantitative estimate of drug-likeness (QED) is 0.172. The van der Waals surface area contributed by atoms with E-state index in [1.165, 1.54) is 29.2 Å². The second kappa shape index (κ2) is 11.7. The van der Waals surface area contributed by atoms with Gasteiger partial charge in [0.25, 0.3) is 11.7 Å². The number of carbonyl (C=O) groups excluding carboxylic acids is 2. The van der Waals surface area contributed by atoms with Gasteiger partial charge in [-0.3, -0.25) is 14.6 Å². The van der Waals surface area contributed by atoms with Crippen LogP contribution in [0, 0.1) is 5.82 Å². The molecule has 3 aromatic rings. The summed E-state index contributed by atoms with van der Waals surface area (Å²) in [6.45, 7) is 4.97. The normalized spacial score (nSPS) is 16.7. The number of amides is 1. The van der Waals surface area contributed by atoms with Gasteiger partial charge < -0.3 is 19.5 Å². The van der Waals surface area contributed by atoms with Crippen molar-refractivity contribution in [3.63, 3.8) is 0 Å². The number of carbonyl (C=O) groups is 2. The van der Waals surface area contributed by atoms with Gasteiger partial charge in [-0.25, -0.2) is 4.39 Å². The molecule has 4 rings (SSSR count). The van der Waals surface area contributed by atoms with E-state index >= 15 is 0 Å². The third-order valence-corrected chi connectivity index (χ3v) is 6.10. The lowest BCUT2D eigenvalue weighted by molar-refractivity contribution is -0.140. The summed E-state index contributed by atoms with van der Waals surface area (Å²) in [4.78, 5) is 31.9. The number of aromatic nitrogens is 1. The van der Waals surface area contributed by atoms with Crippen LogP contribution in [0.4, 0.5) is 4.39 Å². The number of Topliss-reactive ketones (excluding diaryl/α,β-unsaturated/α-hetero) is 1. The van der Waals surface area contributed by atoms with E-state index in [1.807, 2.05) is 6.92 Å². The van der Waals surface area contributed by atoms with Crippen molar-refractivity contribution in [2.24, 2.45) is 0 Å². The fraction of sp³-hybridized carbons (Fsp3) is 0.276. The summed E-state index contributed by atoms with van der Waals surface area (Å²) in [5, 5.41) is 11.2. The third-order valence-electron chi connectivity index (χ3n) is 6.10. The molecule has 0 aliphatic carbocycles. The molecule has 1 aromatic heterocycles. The maximum atomic E-state index is 13.5. The zero-order valence-corrected chi connectivity index (χ0v) is 20.8. The van der Waals surface area contributed by atoms with Gasteiger partial charge in [-0.05, 0) is 73.0 Å². The molecule has 2 aromatic carbocycles. The first kappa shape index (κ1) is 25.9. The van der Waals surface area contributed by atoms with Crippen LogP contribution in [-0.2, 0) is 16.1 Å². The number of aliphatic hydroxyl groups is 1. The van der Waals surface area contributed by atoms with Crippen LogP contribution in [0.15, 0.2) is 72.6 Å². The Morgan fingerprint density at radius 1 is 1.00 bits per heavy atom. The summed E-state index contributed by atoms with van der Waals surface area (Å²) in [5.74, 6) is -1.38. The highest BCUT2D eigenvalue weighted by Gasteiger charge is 2.46. The number of benzene rings is 2. The molecule has 1 aliphatic heterocycles. The number of ether oxygens (including phenoxy) is 2. The number of aliphatic hydroxyl groups excluding tert-OH is 1.